The van der Waals surface area contributed by atoms with Crippen LogP contribution in [0.25, 0.3) is 0 Å². The van der Waals surface area contributed by atoms with Gasteiger partial charge in [-0.3, -0.25) is 4.68 Å². The van der Waals surface area contributed by atoms with Crippen LogP contribution in [0.3, 0.4) is 0 Å². The fourth-order valence-electron chi connectivity index (χ4n) is 3.68. The Morgan fingerprint density at radius 1 is 1.21 bits per heavy atom. The summed E-state index contributed by atoms with van der Waals surface area (Å²) in [5, 5.41) is 4.01. The summed E-state index contributed by atoms with van der Waals surface area (Å²) in [5.41, 5.74) is 6.54. The van der Waals surface area contributed by atoms with Crippen LogP contribution >= 0.6 is 11.8 Å². The van der Waals surface area contributed by atoms with Crippen LogP contribution in [0.4, 0.5) is 20.3 Å². The Morgan fingerprint density at radius 3 is 2.66 bits per heavy atom. The summed E-state index contributed by atoms with van der Waals surface area (Å²) in [6.45, 7) is 0.873. The number of hydrogen-bond acceptors (Lipinski definition) is 7. The molecular formula is C18H21F2N5O2S2. The molecule has 7 nitrogen and oxygen atoms in total. The average Bonchev–Trinajstić information content (AvgIpc) is 3.15. The van der Waals surface area contributed by atoms with Crippen LogP contribution in [0.2, 0.25) is 0 Å². The van der Waals surface area contributed by atoms with Crippen LogP contribution < -0.4 is 15.5 Å². The highest BCUT2D eigenvalue weighted by Crippen LogP contribution is 2.48. The molecule has 29 heavy (non-hydrogen) atoms. The smallest absolute Gasteiger partial charge is 0.152 e. The van der Waals surface area contributed by atoms with Crippen LogP contribution in [-0.4, -0.2) is 42.8 Å². The van der Waals surface area contributed by atoms with Crippen molar-refractivity contribution in [3.63, 3.8) is 0 Å². The average molecular weight is 442 g/mol. The van der Waals surface area contributed by atoms with Gasteiger partial charge in [-0.05, 0) is 18.6 Å². The van der Waals surface area contributed by atoms with Crippen molar-refractivity contribution in [1.82, 2.24) is 9.78 Å². The Kier molecular flexibility index (Phi) is 5.19. The van der Waals surface area contributed by atoms with Gasteiger partial charge in [-0.1, -0.05) is 17.8 Å². The molecule has 4 rings (SSSR count). The molecule has 2 aliphatic rings. The van der Waals surface area contributed by atoms with Crippen molar-refractivity contribution >= 4 is 33.1 Å². The molecule has 1 aromatic heterocycles. The van der Waals surface area contributed by atoms with Crippen molar-refractivity contribution in [1.29, 1.82) is 0 Å². The molecule has 0 saturated carbocycles. The standard InChI is InChI=1S/C18H21F2N5O2S2/c1-23-17(24-6-3-8-29(26,27)9-7-24)14(10-22-23)25-11-15(21)28-18(25)16-12(19)4-2-5-13(16)20/h2,4-5,10-11,18H,3,6-9,21H2,1H3. The van der Waals surface area contributed by atoms with E-state index in [1.54, 1.807) is 29.0 Å². The van der Waals surface area contributed by atoms with E-state index in [1.165, 1.54) is 18.2 Å². The van der Waals surface area contributed by atoms with E-state index in [0.29, 0.717) is 36.0 Å². The summed E-state index contributed by atoms with van der Waals surface area (Å²) in [7, 11) is -1.32. The molecule has 1 saturated heterocycles. The number of rotatable bonds is 3. The summed E-state index contributed by atoms with van der Waals surface area (Å²) in [4.78, 5) is 3.65. The van der Waals surface area contributed by atoms with E-state index in [0.717, 1.165) is 11.8 Å². The first-order chi connectivity index (χ1) is 13.8. The monoisotopic (exact) mass is 441 g/mol. The summed E-state index contributed by atoms with van der Waals surface area (Å²) in [6.07, 6.45) is 3.75. The van der Waals surface area contributed by atoms with Crippen LogP contribution in [-0.2, 0) is 16.9 Å². The molecule has 0 amide bonds. The Morgan fingerprint density at radius 2 is 1.93 bits per heavy atom. The highest BCUT2D eigenvalue weighted by molar-refractivity contribution is 8.03. The summed E-state index contributed by atoms with van der Waals surface area (Å²) in [6, 6.07) is 3.76. The van der Waals surface area contributed by atoms with Crippen molar-refractivity contribution in [3.8, 4) is 0 Å². The summed E-state index contributed by atoms with van der Waals surface area (Å²) in [5.74, 6) is -0.416. The Bertz CT molecular complexity index is 1050. The molecule has 11 heteroatoms. The van der Waals surface area contributed by atoms with Gasteiger partial charge in [-0.15, -0.1) is 0 Å². The summed E-state index contributed by atoms with van der Waals surface area (Å²) >= 11 is 1.15. The largest absolute Gasteiger partial charge is 0.392 e. The Hall–Kier alpha value is -2.27. The van der Waals surface area contributed by atoms with Gasteiger partial charge >= 0.3 is 0 Å². The van der Waals surface area contributed by atoms with Crippen LogP contribution in [0.15, 0.2) is 35.6 Å². The minimum atomic E-state index is -3.08. The zero-order chi connectivity index (χ0) is 20.8. The first-order valence-corrected chi connectivity index (χ1v) is 11.8. The van der Waals surface area contributed by atoms with E-state index >= 15 is 0 Å². The molecule has 2 aliphatic heterocycles. The van der Waals surface area contributed by atoms with Gasteiger partial charge in [0.15, 0.2) is 15.7 Å². The van der Waals surface area contributed by atoms with Gasteiger partial charge in [0.05, 0.1) is 28.3 Å². The minimum absolute atomic E-state index is 0.0513. The van der Waals surface area contributed by atoms with Crippen LogP contribution in [0.1, 0.15) is 17.4 Å². The molecule has 0 radical (unpaired) electrons. The second-order valence-electron chi connectivity index (χ2n) is 7.01. The van der Waals surface area contributed by atoms with E-state index in [9.17, 15) is 17.2 Å². The van der Waals surface area contributed by atoms with Crippen LogP contribution in [0.5, 0.6) is 0 Å². The summed E-state index contributed by atoms with van der Waals surface area (Å²) < 4.78 is 54.6. The maximum absolute atomic E-state index is 14.5. The van der Waals surface area contributed by atoms with E-state index in [1.807, 2.05) is 4.90 Å². The molecule has 0 bridgehead atoms. The highest BCUT2D eigenvalue weighted by atomic mass is 32.2. The molecule has 156 valence electrons. The van der Waals surface area contributed by atoms with Gasteiger partial charge in [0.1, 0.15) is 22.7 Å². The third-order valence-corrected chi connectivity index (χ3v) is 7.81. The lowest BCUT2D eigenvalue weighted by molar-refractivity contribution is 0.554. The molecule has 1 aromatic carbocycles. The van der Waals surface area contributed by atoms with Crippen LogP contribution in [0, 0.1) is 11.6 Å². The van der Waals surface area contributed by atoms with Crippen molar-refractivity contribution in [2.75, 3.05) is 34.4 Å². The maximum atomic E-state index is 14.5. The van der Waals surface area contributed by atoms with Gasteiger partial charge in [0, 0.05) is 26.3 Å². The second kappa shape index (κ2) is 7.52. The quantitative estimate of drug-likeness (QED) is 0.783. The zero-order valence-corrected chi connectivity index (χ0v) is 17.4. The first-order valence-electron chi connectivity index (χ1n) is 9.10. The Balaban J connectivity index is 1.74. The fraction of sp³-hybridized carbons (Fsp3) is 0.389. The van der Waals surface area contributed by atoms with Gasteiger partial charge in [-0.2, -0.15) is 5.10 Å². The minimum Gasteiger partial charge on any atom is -0.392 e. The van der Waals surface area contributed by atoms with E-state index in [-0.39, 0.29) is 17.1 Å². The third kappa shape index (κ3) is 3.80. The number of nitrogens with two attached hydrogens (primary N) is 1. The highest BCUT2D eigenvalue weighted by Gasteiger charge is 2.35. The molecular weight excluding hydrogens is 420 g/mol. The van der Waals surface area contributed by atoms with Gasteiger partial charge < -0.3 is 15.5 Å². The van der Waals surface area contributed by atoms with Gasteiger partial charge in [0.2, 0.25) is 0 Å². The lowest BCUT2D eigenvalue weighted by Gasteiger charge is -2.29. The van der Waals surface area contributed by atoms with Crippen molar-refractivity contribution < 1.29 is 17.2 Å². The topological polar surface area (TPSA) is 84.5 Å². The molecule has 1 atom stereocenters. The number of anilines is 2. The van der Waals surface area contributed by atoms with E-state index < -0.39 is 26.8 Å². The number of aromatic nitrogens is 2. The first kappa shape index (κ1) is 20.0. The molecule has 0 aliphatic carbocycles. The lowest BCUT2D eigenvalue weighted by atomic mass is 10.1. The maximum Gasteiger partial charge on any atom is 0.152 e. The number of benzene rings is 1. The number of hydrogen-bond donors (Lipinski definition) is 1. The third-order valence-electron chi connectivity index (χ3n) is 5.04. The Labute approximate surface area is 172 Å². The molecule has 1 unspecified atom stereocenters. The van der Waals surface area contributed by atoms with E-state index in [4.69, 9.17) is 5.73 Å². The molecule has 2 aromatic rings. The molecule has 1 fully saturated rings. The molecule has 2 N–H and O–H groups in total. The van der Waals surface area contributed by atoms with Crippen molar-refractivity contribution in [2.24, 2.45) is 12.8 Å². The van der Waals surface area contributed by atoms with E-state index in [2.05, 4.69) is 5.10 Å². The predicted octanol–water partition coefficient (Wildman–Crippen LogP) is 2.33. The number of nitrogens with zero attached hydrogens (tertiary/aromatic N) is 4. The van der Waals surface area contributed by atoms with Crippen molar-refractivity contribution in [2.45, 2.75) is 11.8 Å². The zero-order valence-electron chi connectivity index (χ0n) is 15.8. The SMILES string of the molecule is Cn1ncc(N2C=C(N)SC2c2c(F)cccc2F)c1N1CCCS(=O)(=O)CC1. The lowest BCUT2D eigenvalue weighted by Crippen LogP contribution is -2.30. The molecule has 0 spiro atoms. The van der Waals surface area contributed by atoms with Gasteiger partial charge in [0.25, 0.3) is 0 Å². The number of thioether (sulfide) groups is 1. The predicted molar refractivity (Wildman–Crippen MR) is 110 cm³/mol. The van der Waals surface area contributed by atoms with Crippen molar-refractivity contribution in [3.05, 3.63) is 52.8 Å². The number of aryl methyl sites for hydroxylation is 1. The fourth-order valence-corrected chi connectivity index (χ4v) is 6.01. The normalized spacial score (nSPS) is 21.9. The van der Waals surface area contributed by atoms with Gasteiger partial charge in [-0.25, -0.2) is 17.2 Å². The second-order valence-corrected chi connectivity index (χ2v) is 10.5. The number of halogens is 2. The molecule has 3 heterocycles. The number of sulfone groups is 1.